The second kappa shape index (κ2) is 4.80. The Kier molecular flexibility index (Phi) is 3.68. The average Bonchev–Trinajstić information content (AvgIpc) is 2.56. The highest BCUT2D eigenvalue weighted by Gasteiger charge is 2.06. The van der Waals surface area contributed by atoms with E-state index in [0.29, 0.717) is 0 Å². The summed E-state index contributed by atoms with van der Waals surface area (Å²) in [4.78, 5) is 21.7. The van der Waals surface area contributed by atoms with E-state index < -0.39 is 6.03 Å². The first-order valence-corrected chi connectivity index (χ1v) is 4.82. The number of carbonyl (C=O) groups excluding carboxylic acids is 2. The Balaban J connectivity index is 2.38. The molecule has 0 saturated heterocycles. The Bertz CT molecular complexity index is 298. The normalized spacial score (nSPS) is 9.31. The van der Waals surface area contributed by atoms with Crippen LogP contribution in [-0.4, -0.2) is 21.5 Å². The van der Waals surface area contributed by atoms with E-state index in [2.05, 4.69) is 20.3 Å². The number of rotatable bonds is 2. The smallest absolute Gasteiger partial charge is 0.327 e. The molecule has 0 fully saturated rings. The highest BCUT2D eigenvalue weighted by molar-refractivity contribution is 14.1. The number of nitrogens with zero attached hydrogens (tertiary/aromatic N) is 1. The van der Waals surface area contributed by atoms with Gasteiger partial charge in [-0.2, -0.15) is 0 Å². The molecule has 7 heteroatoms. The number of nitrogens with one attached hydrogen (secondary N) is 2. The molecule has 0 bridgehead atoms. The first-order valence-electron chi connectivity index (χ1n) is 3.29. The van der Waals surface area contributed by atoms with E-state index in [1.807, 2.05) is 22.6 Å². The lowest BCUT2D eigenvalue weighted by atomic mass is 10.6. The maximum atomic E-state index is 11.0. The number of anilines is 1. The van der Waals surface area contributed by atoms with Crippen LogP contribution >= 0.6 is 22.6 Å². The van der Waals surface area contributed by atoms with Crippen LogP contribution in [0.2, 0.25) is 0 Å². The summed E-state index contributed by atoms with van der Waals surface area (Å²) in [6.07, 6.45) is 1.32. The number of hydrogen-bond donors (Lipinski definition) is 2. The van der Waals surface area contributed by atoms with Crippen LogP contribution in [0.1, 0.15) is 0 Å². The van der Waals surface area contributed by atoms with E-state index in [9.17, 15) is 9.59 Å². The van der Waals surface area contributed by atoms with E-state index in [-0.39, 0.29) is 16.2 Å². The SMILES string of the molecule is O=C(CI)NC(=O)Nc1ccon1. The minimum Gasteiger partial charge on any atom is -0.363 e. The van der Waals surface area contributed by atoms with Crippen molar-refractivity contribution < 1.29 is 14.1 Å². The van der Waals surface area contributed by atoms with Crippen molar-refractivity contribution in [1.29, 1.82) is 0 Å². The van der Waals surface area contributed by atoms with E-state index in [1.54, 1.807) is 0 Å². The van der Waals surface area contributed by atoms with E-state index in [0.717, 1.165) is 0 Å². The van der Waals surface area contributed by atoms with Gasteiger partial charge in [0.15, 0.2) is 5.82 Å². The first kappa shape index (κ1) is 9.96. The molecule has 1 rings (SSSR count). The molecule has 0 aliphatic heterocycles. The van der Waals surface area contributed by atoms with E-state index in [1.165, 1.54) is 12.3 Å². The fraction of sp³-hybridized carbons (Fsp3) is 0.167. The quantitative estimate of drug-likeness (QED) is 0.623. The Hall–Kier alpha value is -1.12. The third kappa shape index (κ3) is 3.40. The molecule has 0 spiro atoms. The number of aromatic nitrogens is 1. The highest BCUT2D eigenvalue weighted by Crippen LogP contribution is 1.99. The fourth-order valence-corrected chi connectivity index (χ4v) is 0.775. The van der Waals surface area contributed by atoms with Gasteiger partial charge in [0.25, 0.3) is 0 Å². The molecule has 0 atom stereocenters. The minimum atomic E-state index is -0.615. The van der Waals surface area contributed by atoms with Crippen molar-refractivity contribution in [1.82, 2.24) is 10.5 Å². The Morgan fingerprint density at radius 1 is 1.62 bits per heavy atom. The monoisotopic (exact) mass is 295 g/mol. The largest absolute Gasteiger partial charge is 0.363 e. The van der Waals surface area contributed by atoms with Gasteiger partial charge in [0.1, 0.15) is 6.26 Å². The highest BCUT2D eigenvalue weighted by atomic mass is 127. The molecule has 1 aromatic heterocycles. The van der Waals surface area contributed by atoms with Crippen LogP contribution in [0.5, 0.6) is 0 Å². The number of carbonyl (C=O) groups is 2. The van der Waals surface area contributed by atoms with Crippen molar-refractivity contribution in [2.75, 3.05) is 9.74 Å². The molecule has 13 heavy (non-hydrogen) atoms. The number of amides is 3. The van der Waals surface area contributed by atoms with Gasteiger partial charge in [0, 0.05) is 6.07 Å². The van der Waals surface area contributed by atoms with Crippen molar-refractivity contribution in [2.45, 2.75) is 0 Å². The predicted octanol–water partition coefficient (Wildman–Crippen LogP) is 0.758. The molecule has 0 aliphatic carbocycles. The van der Waals surface area contributed by atoms with E-state index in [4.69, 9.17) is 0 Å². The zero-order chi connectivity index (χ0) is 9.68. The molecular formula is C6H6IN3O3. The maximum absolute atomic E-state index is 11.0. The molecule has 0 radical (unpaired) electrons. The maximum Gasteiger partial charge on any atom is 0.327 e. The first-order chi connectivity index (χ1) is 6.22. The summed E-state index contributed by atoms with van der Waals surface area (Å²) in [5.41, 5.74) is 0. The third-order valence-electron chi connectivity index (χ3n) is 1.05. The van der Waals surface area contributed by atoms with Crippen molar-refractivity contribution in [2.24, 2.45) is 0 Å². The van der Waals surface area contributed by atoms with Gasteiger partial charge in [-0.25, -0.2) is 4.79 Å². The number of imide groups is 1. The summed E-state index contributed by atoms with van der Waals surface area (Å²) in [6, 6.07) is 0.851. The standard InChI is InChI=1S/C6H6IN3O3/c7-3-5(11)9-6(12)8-4-1-2-13-10-4/h1-2H,3H2,(H2,8,9,10,11,12). The van der Waals surface area contributed by atoms with Crippen molar-refractivity contribution >= 4 is 40.3 Å². The number of alkyl halides is 1. The number of urea groups is 1. The summed E-state index contributed by atoms with van der Waals surface area (Å²) in [6.45, 7) is 0. The lowest BCUT2D eigenvalue weighted by Gasteiger charge is -2.00. The summed E-state index contributed by atoms with van der Waals surface area (Å²) in [5, 5.41) is 7.83. The number of halogens is 1. The molecule has 1 heterocycles. The molecule has 0 unspecified atom stereocenters. The number of hydrogen-bond acceptors (Lipinski definition) is 4. The molecule has 0 saturated carbocycles. The molecule has 70 valence electrons. The van der Waals surface area contributed by atoms with Crippen LogP contribution < -0.4 is 10.6 Å². The van der Waals surface area contributed by atoms with Crippen LogP contribution in [0.4, 0.5) is 10.6 Å². The molecule has 6 nitrogen and oxygen atoms in total. The van der Waals surface area contributed by atoms with Gasteiger partial charge in [0.05, 0.1) is 4.43 Å². The van der Waals surface area contributed by atoms with Crippen LogP contribution in [0.3, 0.4) is 0 Å². The van der Waals surface area contributed by atoms with Gasteiger partial charge in [-0.15, -0.1) is 0 Å². The Morgan fingerprint density at radius 2 is 2.38 bits per heavy atom. The second-order valence-corrected chi connectivity index (χ2v) is 2.78. The Morgan fingerprint density at radius 3 is 2.92 bits per heavy atom. The molecule has 1 aromatic rings. The lowest BCUT2D eigenvalue weighted by Crippen LogP contribution is -2.35. The summed E-state index contributed by atoms with van der Waals surface area (Å²) < 4.78 is 4.69. The van der Waals surface area contributed by atoms with Gasteiger partial charge in [-0.1, -0.05) is 27.7 Å². The molecule has 2 N–H and O–H groups in total. The average molecular weight is 295 g/mol. The Labute approximate surface area is 87.2 Å². The van der Waals surface area contributed by atoms with Crippen LogP contribution in [0.25, 0.3) is 0 Å². The van der Waals surface area contributed by atoms with Gasteiger partial charge >= 0.3 is 6.03 Å². The third-order valence-corrected chi connectivity index (χ3v) is 1.75. The van der Waals surface area contributed by atoms with Gasteiger partial charge in [-0.3, -0.25) is 15.4 Å². The summed E-state index contributed by atoms with van der Waals surface area (Å²) in [7, 11) is 0. The van der Waals surface area contributed by atoms with Gasteiger partial charge in [-0.05, 0) is 0 Å². The molecular weight excluding hydrogens is 289 g/mol. The lowest BCUT2D eigenvalue weighted by molar-refractivity contribution is -0.117. The summed E-state index contributed by atoms with van der Waals surface area (Å²) in [5.74, 6) is -0.0969. The minimum absolute atomic E-state index is 0.226. The van der Waals surface area contributed by atoms with Crippen molar-refractivity contribution in [3.05, 3.63) is 12.3 Å². The van der Waals surface area contributed by atoms with Gasteiger partial charge in [0.2, 0.25) is 5.91 Å². The van der Waals surface area contributed by atoms with Gasteiger partial charge < -0.3 is 4.52 Å². The zero-order valence-electron chi connectivity index (χ0n) is 6.41. The fourth-order valence-electron chi connectivity index (χ4n) is 0.585. The predicted molar refractivity (Wildman–Crippen MR) is 52.6 cm³/mol. The second-order valence-electron chi connectivity index (χ2n) is 2.02. The van der Waals surface area contributed by atoms with Crippen LogP contribution in [0.15, 0.2) is 16.9 Å². The van der Waals surface area contributed by atoms with Crippen molar-refractivity contribution in [3.63, 3.8) is 0 Å². The van der Waals surface area contributed by atoms with Crippen molar-refractivity contribution in [3.8, 4) is 0 Å². The van der Waals surface area contributed by atoms with Crippen LogP contribution in [-0.2, 0) is 4.79 Å². The molecule has 0 aliphatic rings. The summed E-state index contributed by atoms with van der Waals surface area (Å²) >= 11 is 1.85. The van der Waals surface area contributed by atoms with Crippen LogP contribution in [0, 0.1) is 0 Å². The zero-order valence-corrected chi connectivity index (χ0v) is 8.57. The van der Waals surface area contributed by atoms with E-state index >= 15 is 0 Å². The molecule has 3 amide bonds. The topological polar surface area (TPSA) is 84.2 Å². The molecule has 0 aromatic carbocycles.